The summed E-state index contributed by atoms with van der Waals surface area (Å²) >= 11 is 6.12. The van der Waals surface area contributed by atoms with Gasteiger partial charge in [-0.1, -0.05) is 54.9 Å². The number of hydrogen-bond acceptors (Lipinski definition) is 5. The van der Waals surface area contributed by atoms with E-state index in [2.05, 4.69) is 0 Å². The standard InChI is InChI=1S/C22H20ClFN2O4/c1-2-18(25)16-9-10-17(23)22(21(16)24)30-15-8-11-19(26(27)28)20(12-15)29-13-14-6-4-3-5-7-14/h3-12,18H,2,13,25H2,1H3/t18-/m1/s1. The second-order valence-corrected chi connectivity index (χ2v) is 6.96. The zero-order valence-corrected chi connectivity index (χ0v) is 16.9. The first-order valence-corrected chi connectivity index (χ1v) is 9.65. The summed E-state index contributed by atoms with van der Waals surface area (Å²) in [5, 5.41) is 11.4. The number of halogens is 2. The maximum absolute atomic E-state index is 14.9. The van der Waals surface area contributed by atoms with Crippen LogP contribution in [0.4, 0.5) is 10.1 Å². The molecule has 3 aromatic carbocycles. The van der Waals surface area contributed by atoms with Crippen LogP contribution in [0.1, 0.15) is 30.5 Å². The highest BCUT2D eigenvalue weighted by Gasteiger charge is 2.21. The topological polar surface area (TPSA) is 87.6 Å². The number of rotatable bonds is 8. The van der Waals surface area contributed by atoms with Crippen LogP contribution < -0.4 is 15.2 Å². The molecule has 0 aliphatic carbocycles. The quantitative estimate of drug-likeness (QED) is 0.341. The van der Waals surface area contributed by atoms with Crippen LogP contribution in [-0.4, -0.2) is 4.92 Å². The number of benzene rings is 3. The molecule has 0 aromatic heterocycles. The molecule has 0 bridgehead atoms. The van der Waals surface area contributed by atoms with E-state index in [9.17, 15) is 14.5 Å². The van der Waals surface area contributed by atoms with E-state index in [1.165, 1.54) is 30.3 Å². The molecule has 6 nitrogen and oxygen atoms in total. The monoisotopic (exact) mass is 430 g/mol. The normalized spacial score (nSPS) is 11.7. The average Bonchev–Trinajstić information content (AvgIpc) is 2.75. The molecule has 0 unspecified atom stereocenters. The van der Waals surface area contributed by atoms with Crippen LogP contribution in [0.15, 0.2) is 60.7 Å². The Morgan fingerprint density at radius 2 is 1.90 bits per heavy atom. The van der Waals surface area contributed by atoms with Gasteiger partial charge in [-0.25, -0.2) is 4.39 Å². The Morgan fingerprint density at radius 1 is 1.17 bits per heavy atom. The summed E-state index contributed by atoms with van der Waals surface area (Å²) in [4.78, 5) is 10.8. The van der Waals surface area contributed by atoms with Crippen LogP contribution >= 0.6 is 11.6 Å². The summed E-state index contributed by atoms with van der Waals surface area (Å²) in [6.07, 6.45) is 0.535. The van der Waals surface area contributed by atoms with Gasteiger partial charge in [-0.05, 0) is 24.1 Å². The molecule has 0 aliphatic rings. The van der Waals surface area contributed by atoms with Crippen molar-refractivity contribution in [3.8, 4) is 17.2 Å². The van der Waals surface area contributed by atoms with Crippen molar-refractivity contribution in [2.45, 2.75) is 26.0 Å². The lowest BCUT2D eigenvalue weighted by atomic mass is 10.0. The highest BCUT2D eigenvalue weighted by Crippen LogP contribution is 2.39. The van der Waals surface area contributed by atoms with Crippen LogP contribution in [0.5, 0.6) is 17.2 Å². The van der Waals surface area contributed by atoms with Crippen molar-refractivity contribution in [3.05, 3.63) is 92.7 Å². The molecular weight excluding hydrogens is 411 g/mol. The fourth-order valence-corrected chi connectivity index (χ4v) is 3.01. The van der Waals surface area contributed by atoms with Crippen LogP contribution in [0, 0.1) is 15.9 Å². The number of nitrogens with zero attached hydrogens (tertiary/aromatic N) is 1. The lowest BCUT2D eigenvalue weighted by molar-refractivity contribution is -0.386. The summed E-state index contributed by atoms with van der Waals surface area (Å²) in [7, 11) is 0. The maximum Gasteiger partial charge on any atom is 0.311 e. The van der Waals surface area contributed by atoms with Crippen LogP contribution in [-0.2, 0) is 6.61 Å². The fraction of sp³-hybridized carbons (Fsp3) is 0.182. The Bertz CT molecular complexity index is 1050. The predicted octanol–water partition coefficient (Wildman–Crippen LogP) is 6.17. The van der Waals surface area contributed by atoms with Gasteiger partial charge < -0.3 is 15.2 Å². The van der Waals surface area contributed by atoms with Gasteiger partial charge in [0.2, 0.25) is 5.75 Å². The third kappa shape index (κ3) is 4.87. The van der Waals surface area contributed by atoms with Crippen LogP contribution in [0.2, 0.25) is 5.02 Å². The van der Waals surface area contributed by atoms with Gasteiger partial charge in [-0.15, -0.1) is 0 Å². The molecule has 156 valence electrons. The third-order valence-electron chi connectivity index (χ3n) is 4.50. The summed E-state index contributed by atoms with van der Waals surface area (Å²) < 4.78 is 26.2. The molecule has 30 heavy (non-hydrogen) atoms. The van der Waals surface area contributed by atoms with E-state index in [4.69, 9.17) is 26.8 Å². The summed E-state index contributed by atoms with van der Waals surface area (Å²) in [6.45, 7) is 1.97. The van der Waals surface area contributed by atoms with E-state index in [-0.39, 0.29) is 40.1 Å². The minimum atomic E-state index is -0.665. The Hall–Kier alpha value is -3.16. The fourth-order valence-electron chi connectivity index (χ4n) is 2.83. The van der Waals surface area contributed by atoms with Gasteiger partial charge in [0, 0.05) is 23.7 Å². The molecule has 0 aliphatic heterocycles. The Morgan fingerprint density at radius 3 is 2.57 bits per heavy atom. The predicted molar refractivity (Wildman–Crippen MR) is 113 cm³/mol. The first-order valence-electron chi connectivity index (χ1n) is 9.27. The molecule has 0 heterocycles. The highest BCUT2D eigenvalue weighted by atomic mass is 35.5. The zero-order chi connectivity index (χ0) is 21.7. The van der Waals surface area contributed by atoms with Crippen molar-refractivity contribution in [2.75, 3.05) is 0 Å². The molecule has 3 rings (SSSR count). The van der Waals surface area contributed by atoms with Crippen molar-refractivity contribution in [1.82, 2.24) is 0 Å². The van der Waals surface area contributed by atoms with Gasteiger partial charge in [0.15, 0.2) is 11.6 Å². The molecule has 0 fully saturated rings. The van der Waals surface area contributed by atoms with Crippen molar-refractivity contribution >= 4 is 17.3 Å². The Kier molecular flexibility index (Phi) is 6.87. The number of nitro groups is 1. The lowest BCUT2D eigenvalue weighted by Gasteiger charge is -2.16. The van der Waals surface area contributed by atoms with Gasteiger partial charge in [-0.3, -0.25) is 10.1 Å². The van der Waals surface area contributed by atoms with E-state index in [1.54, 1.807) is 0 Å². The number of nitrogens with two attached hydrogens (primary N) is 1. The summed E-state index contributed by atoms with van der Waals surface area (Å²) in [6, 6.07) is 15.7. The number of hydrogen-bond donors (Lipinski definition) is 1. The first-order chi connectivity index (χ1) is 14.4. The van der Waals surface area contributed by atoms with Gasteiger partial charge >= 0.3 is 5.69 Å². The Balaban J connectivity index is 1.91. The van der Waals surface area contributed by atoms with Crippen molar-refractivity contribution < 1.29 is 18.8 Å². The molecule has 1 atom stereocenters. The summed E-state index contributed by atoms with van der Waals surface area (Å²) in [5.41, 5.74) is 6.83. The average molecular weight is 431 g/mol. The molecule has 0 saturated carbocycles. The van der Waals surface area contributed by atoms with E-state index >= 15 is 0 Å². The second kappa shape index (κ2) is 9.56. The largest absolute Gasteiger partial charge is 0.482 e. The molecule has 2 N–H and O–H groups in total. The second-order valence-electron chi connectivity index (χ2n) is 6.56. The van der Waals surface area contributed by atoms with E-state index < -0.39 is 16.8 Å². The molecule has 3 aromatic rings. The van der Waals surface area contributed by atoms with Crippen LogP contribution in [0.3, 0.4) is 0 Å². The molecule has 0 spiro atoms. The van der Waals surface area contributed by atoms with Crippen molar-refractivity contribution in [3.63, 3.8) is 0 Å². The molecule has 0 saturated heterocycles. The number of nitro benzene ring substituents is 1. The van der Waals surface area contributed by atoms with Crippen molar-refractivity contribution in [1.29, 1.82) is 0 Å². The molecule has 0 amide bonds. The zero-order valence-electron chi connectivity index (χ0n) is 16.2. The lowest BCUT2D eigenvalue weighted by Crippen LogP contribution is -2.11. The van der Waals surface area contributed by atoms with E-state index in [0.717, 1.165) is 5.56 Å². The third-order valence-corrected chi connectivity index (χ3v) is 4.80. The first kappa shape index (κ1) is 21.5. The van der Waals surface area contributed by atoms with Crippen LogP contribution in [0.25, 0.3) is 0 Å². The van der Waals surface area contributed by atoms with Gasteiger partial charge in [-0.2, -0.15) is 0 Å². The smallest absolute Gasteiger partial charge is 0.311 e. The van der Waals surface area contributed by atoms with E-state index in [1.807, 2.05) is 37.3 Å². The van der Waals surface area contributed by atoms with Gasteiger partial charge in [0.05, 0.1) is 9.95 Å². The number of ether oxygens (including phenoxy) is 2. The molecule has 0 radical (unpaired) electrons. The van der Waals surface area contributed by atoms with E-state index in [0.29, 0.717) is 6.42 Å². The Labute approximate surface area is 178 Å². The summed E-state index contributed by atoms with van der Waals surface area (Å²) in [5.74, 6) is -0.714. The van der Waals surface area contributed by atoms with Gasteiger partial charge in [0.1, 0.15) is 12.4 Å². The SMILES string of the molecule is CC[C@@H](N)c1ccc(Cl)c(Oc2ccc([N+](=O)[O-])c(OCc3ccccc3)c2)c1F. The molecular formula is C22H20ClFN2O4. The molecule has 8 heteroatoms. The highest BCUT2D eigenvalue weighted by molar-refractivity contribution is 6.32. The van der Waals surface area contributed by atoms with Crippen molar-refractivity contribution in [2.24, 2.45) is 5.73 Å². The minimum absolute atomic E-state index is 0.000650. The minimum Gasteiger partial charge on any atom is -0.482 e. The van der Waals surface area contributed by atoms with Gasteiger partial charge in [0.25, 0.3) is 0 Å². The maximum atomic E-state index is 14.9.